The lowest BCUT2D eigenvalue weighted by atomic mass is 10.2. The molecule has 1 heterocycles. The summed E-state index contributed by atoms with van der Waals surface area (Å²) in [4.78, 5) is 13.0. The lowest BCUT2D eigenvalue weighted by Gasteiger charge is -2.18. The van der Waals surface area contributed by atoms with Crippen LogP contribution in [0.15, 0.2) is 64.9 Å². The van der Waals surface area contributed by atoms with Crippen molar-refractivity contribution in [1.82, 2.24) is 5.32 Å². The fraction of sp³-hybridized carbons (Fsp3) is 0.150. The number of rotatable bonds is 6. The van der Waals surface area contributed by atoms with Gasteiger partial charge in [-0.3, -0.25) is 4.79 Å². The van der Waals surface area contributed by atoms with Gasteiger partial charge in [0, 0.05) is 22.0 Å². The Morgan fingerprint density at radius 1 is 1.18 bits per heavy atom. The first-order chi connectivity index (χ1) is 13.3. The zero-order valence-electron chi connectivity index (χ0n) is 14.9. The molecule has 2 aromatic carbocycles. The predicted molar refractivity (Wildman–Crippen MR) is 109 cm³/mol. The smallest absolute Gasteiger partial charge is 0.251 e. The molecule has 0 radical (unpaired) electrons. The largest absolute Gasteiger partial charge is 0.350 e. The Kier molecular flexibility index (Phi) is 6.17. The second-order valence-corrected chi connectivity index (χ2v) is 9.73. The second-order valence-electron chi connectivity index (χ2n) is 6.18. The van der Waals surface area contributed by atoms with Crippen LogP contribution in [0.25, 0.3) is 0 Å². The molecule has 1 aromatic heterocycles. The van der Waals surface area contributed by atoms with Crippen LogP contribution >= 0.6 is 22.9 Å². The molecule has 0 spiro atoms. The molecule has 0 aliphatic heterocycles. The van der Waals surface area contributed by atoms with Crippen molar-refractivity contribution in [3.05, 3.63) is 86.8 Å². The Labute approximate surface area is 171 Å². The van der Waals surface area contributed by atoms with E-state index in [9.17, 15) is 17.6 Å². The highest BCUT2D eigenvalue weighted by Crippen LogP contribution is 2.32. The van der Waals surface area contributed by atoms with Crippen LogP contribution in [0.1, 0.15) is 26.0 Å². The van der Waals surface area contributed by atoms with Crippen molar-refractivity contribution in [3.63, 3.8) is 0 Å². The van der Waals surface area contributed by atoms with Crippen LogP contribution in [0.4, 0.5) is 4.39 Å². The molecule has 1 atom stereocenters. The minimum absolute atomic E-state index is 0.0156. The predicted octanol–water partition coefficient (Wildman–Crippen LogP) is 4.79. The molecule has 0 fully saturated rings. The van der Waals surface area contributed by atoms with Crippen LogP contribution in [0, 0.1) is 12.7 Å². The third-order valence-corrected chi connectivity index (χ3v) is 7.68. The zero-order valence-corrected chi connectivity index (χ0v) is 17.2. The Morgan fingerprint density at radius 2 is 1.96 bits per heavy atom. The van der Waals surface area contributed by atoms with Crippen LogP contribution < -0.4 is 5.32 Å². The van der Waals surface area contributed by atoms with E-state index in [2.05, 4.69) is 5.32 Å². The molecule has 3 aromatic rings. The van der Waals surface area contributed by atoms with Crippen LogP contribution in [-0.2, 0) is 9.84 Å². The minimum atomic E-state index is -3.85. The van der Waals surface area contributed by atoms with Crippen molar-refractivity contribution >= 4 is 38.7 Å². The van der Waals surface area contributed by atoms with Crippen LogP contribution in [0.3, 0.4) is 0 Å². The maximum absolute atomic E-state index is 13.6. The number of aryl methyl sites for hydroxylation is 1. The van der Waals surface area contributed by atoms with Crippen molar-refractivity contribution < 1.29 is 17.6 Å². The van der Waals surface area contributed by atoms with E-state index in [-0.39, 0.29) is 17.0 Å². The van der Waals surface area contributed by atoms with E-state index in [4.69, 9.17) is 11.6 Å². The van der Waals surface area contributed by atoms with Crippen molar-refractivity contribution in [2.45, 2.75) is 17.1 Å². The van der Waals surface area contributed by atoms with Crippen molar-refractivity contribution in [2.24, 2.45) is 0 Å². The van der Waals surface area contributed by atoms with Crippen molar-refractivity contribution in [3.8, 4) is 0 Å². The lowest BCUT2D eigenvalue weighted by molar-refractivity contribution is 0.0953. The summed E-state index contributed by atoms with van der Waals surface area (Å²) in [7, 11) is -3.85. The summed E-state index contributed by atoms with van der Waals surface area (Å²) in [6.45, 7) is 1.39. The molecule has 0 aliphatic rings. The van der Waals surface area contributed by atoms with E-state index >= 15 is 0 Å². The number of thiophene rings is 1. The number of benzene rings is 2. The Balaban J connectivity index is 1.89. The van der Waals surface area contributed by atoms with Gasteiger partial charge in [0.1, 0.15) is 11.1 Å². The summed E-state index contributed by atoms with van der Waals surface area (Å²) in [5.74, 6) is -0.893. The number of carbonyl (C=O) groups is 1. The molecular formula is C20H17ClFNO3S2. The van der Waals surface area contributed by atoms with Gasteiger partial charge in [0.2, 0.25) is 0 Å². The first kappa shape index (κ1) is 20.5. The molecule has 0 unspecified atom stereocenters. The minimum Gasteiger partial charge on any atom is -0.350 e. The highest BCUT2D eigenvalue weighted by atomic mass is 35.5. The molecule has 146 valence electrons. The van der Waals surface area contributed by atoms with Gasteiger partial charge in [0.15, 0.2) is 9.84 Å². The number of amides is 1. The van der Waals surface area contributed by atoms with E-state index in [0.29, 0.717) is 15.5 Å². The zero-order chi connectivity index (χ0) is 20.3. The van der Waals surface area contributed by atoms with Crippen molar-refractivity contribution in [2.75, 3.05) is 6.54 Å². The molecule has 3 rings (SSSR count). The average molecular weight is 438 g/mol. The second kappa shape index (κ2) is 8.43. The standard InChI is InChI=1S/C20H17ClFNO3S2/c1-13-10-16(7-8-17(13)22)28(25,26)19(18-6-3-9-27-18)12-23-20(24)14-4-2-5-15(21)11-14/h2-11,19H,12H2,1H3,(H,23,24)/t19-/m1/s1. The normalized spacial score (nSPS) is 12.5. The van der Waals surface area contributed by atoms with Gasteiger partial charge in [0.25, 0.3) is 5.91 Å². The van der Waals surface area contributed by atoms with Gasteiger partial charge in [0.05, 0.1) is 4.90 Å². The monoisotopic (exact) mass is 437 g/mol. The van der Waals surface area contributed by atoms with E-state index in [0.717, 1.165) is 6.07 Å². The van der Waals surface area contributed by atoms with Gasteiger partial charge in [-0.05, 0) is 60.3 Å². The summed E-state index contributed by atoms with van der Waals surface area (Å²) >= 11 is 7.19. The molecule has 0 bridgehead atoms. The van der Waals surface area contributed by atoms with E-state index in [1.807, 2.05) is 0 Å². The third-order valence-electron chi connectivity index (χ3n) is 4.23. The fourth-order valence-corrected chi connectivity index (χ4v) is 5.77. The van der Waals surface area contributed by atoms with E-state index < -0.39 is 26.8 Å². The molecule has 1 amide bonds. The van der Waals surface area contributed by atoms with Gasteiger partial charge in [-0.1, -0.05) is 23.7 Å². The quantitative estimate of drug-likeness (QED) is 0.564. The topological polar surface area (TPSA) is 63.2 Å². The Morgan fingerprint density at radius 3 is 2.61 bits per heavy atom. The fourth-order valence-electron chi connectivity index (χ4n) is 2.71. The van der Waals surface area contributed by atoms with Gasteiger partial charge in [-0.2, -0.15) is 0 Å². The summed E-state index contributed by atoms with van der Waals surface area (Å²) in [5.41, 5.74) is 0.585. The Bertz CT molecular complexity index is 1100. The Hall–Kier alpha value is -2.22. The van der Waals surface area contributed by atoms with Gasteiger partial charge in [-0.15, -0.1) is 11.3 Å². The highest BCUT2D eigenvalue weighted by Gasteiger charge is 2.31. The first-order valence-corrected chi connectivity index (χ1v) is 11.2. The molecule has 0 aliphatic carbocycles. The number of carbonyl (C=O) groups excluding carboxylic acids is 1. The van der Waals surface area contributed by atoms with Crippen LogP contribution in [-0.4, -0.2) is 20.9 Å². The van der Waals surface area contributed by atoms with E-state index in [1.165, 1.54) is 36.5 Å². The lowest BCUT2D eigenvalue weighted by Crippen LogP contribution is -2.31. The number of hydrogen-bond donors (Lipinski definition) is 1. The average Bonchev–Trinajstić information content (AvgIpc) is 3.18. The molecule has 0 saturated heterocycles. The maximum atomic E-state index is 13.6. The van der Waals surface area contributed by atoms with Gasteiger partial charge >= 0.3 is 0 Å². The molecule has 4 nitrogen and oxygen atoms in total. The van der Waals surface area contributed by atoms with Gasteiger partial charge < -0.3 is 5.32 Å². The number of halogens is 2. The molecular weight excluding hydrogens is 421 g/mol. The van der Waals surface area contributed by atoms with E-state index in [1.54, 1.807) is 35.7 Å². The summed E-state index contributed by atoms with van der Waals surface area (Å²) in [5, 5.41) is 3.87. The molecule has 8 heteroatoms. The van der Waals surface area contributed by atoms with Gasteiger partial charge in [-0.25, -0.2) is 12.8 Å². The first-order valence-electron chi connectivity index (χ1n) is 8.36. The summed E-state index contributed by atoms with van der Waals surface area (Å²) < 4.78 is 40.0. The highest BCUT2D eigenvalue weighted by molar-refractivity contribution is 7.91. The number of nitrogens with one attached hydrogen (secondary N) is 1. The molecule has 1 N–H and O–H groups in total. The molecule has 0 saturated carbocycles. The molecule has 28 heavy (non-hydrogen) atoms. The maximum Gasteiger partial charge on any atom is 0.251 e. The van der Waals surface area contributed by atoms with Crippen LogP contribution in [0.2, 0.25) is 5.02 Å². The number of hydrogen-bond acceptors (Lipinski definition) is 4. The SMILES string of the molecule is Cc1cc(S(=O)(=O)[C@H](CNC(=O)c2cccc(Cl)c2)c2cccs2)ccc1F. The van der Waals surface area contributed by atoms with Crippen molar-refractivity contribution in [1.29, 1.82) is 0 Å². The third kappa shape index (κ3) is 4.43. The van der Waals surface area contributed by atoms with Crippen LogP contribution in [0.5, 0.6) is 0 Å². The number of sulfone groups is 1. The summed E-state index contributed by atoms with van der Waals surface area (Å²) in [6, 6.07) is 13.5. The summed E-state index contributed by atoms with van der Waals surface area (Å²) in [6.07, 6.45) is 0.